The Balaban J connectivity index is 2.43. The minimum atomic E-state index is -1.20. The summed E-state index contributed by atoms with van der Waals surface area (Å²) in [5.74, 6) is -1.98. The van der Waals surface area contributed by atoms with Gasteiger partial charge in [-0.25, -0.2) is 9.18 Å². The molecule has 22 heavy (non-hydrogen) atoms. The standard InChI is InChI=1S/C17H18FNO3/c1-4-6-19(7-5-2)10-12-8-13-11(3)15(17(20)21)22-16(13)14(18)9-12/h4-5,8-9H,1-2,6-7,10H2,3H3,(H,20,21). The van der Waals surface area contributed by atoms with E-state index in [1.807, 2.05) is 4.90 Å². The molecule has 0 atom stereocenters. The Morgan fingerprint density at radius 2 is 2.00 bits per heavy atom. The van der Waals surface area contributed by atoms with Crippen molar-refractivity contribution < 1.29 is 18.7 Å². The van der Waals surface area contributed by atoms with Crippen LogP contribution in [0.5, 0.6) is 0 Å². The molecule has 4 nitrogen and oxygen atoms in total. The molecule has 0 spiro atoms. The summed E-state index contributed by atoms with van der Waals surface area (Å²) < 4.78 is 19.3. The number of fused-ring (bicyclic) bond motifs is 1. The normalized spacial score (nSPS) is 11.0. The van der Waals surface area contributed by atoms with Crippen LogP contribution in [0.1, 0.15) is 21.7 Å². The Hall–Kier alpha value is -2.40. The second kappa shape index (κ2) is 6.58. The van der Waals surface area contributed by atoms with Gasteiger partial charge in [0.2, 0.25) is 5.76 Å². The average Bonchev–Trinajstić information content (AvgIpc) is 2.78. The molecular formula is C17H18FNO3. The number of carboxylic acids is 1. The maximum atomic E-state index is 14.2. The number of carboxylic acid groups (broad SMARTS) is 1. The quantitative estimate of drug-likeness (QED) is 0.791. The molecule has 1 N–H and O–H groups in total. The van der Waals surface area contributed by atoms with Gasteiger partial charge in [0.15, 0.2) is 11.4 Å². The Bertz CT molecular complexity index is 723. The van der Waals surface area contributed by atoms with Gasteiger partial charge in [0, 0.05) is 30.6 Å². The first-order valence-corrected chi connectivity index (χ1v) is 6.86. The van der Waals surface area contributed by atoms with Crippen LogP contribution in [-0.4, -0.2) is 29.1 Å². The summed E-state index contributed by atoms with van der Waals surface area (Å²) in [5.41, 5.74) is 1.16. The number of aryl methyl sites for hydroxylation is 1. The predicted octanol–water partition coefficient (Wildman–Crippen LogP) is 3.75. The molecule has 0 amide bonds. The third kappa shape index (κ3) is 3.09. The molecule has 0 saturated heterocycles. The van der Waals surface area contributed by atoms with E-state index in [2.05, 4.69) is 13.2 Å². The Labute approximate surface area is 128 Å². The average molecular weight is 303 g/mol. The van der Waals surface area contributed by atoms with Gasteiger partial charge >= 0.3 is 5.97 Å². The molecule has 0 aliphatic carbocycles. The molecule has 1 aromatic heterocycles. The molecule has 2 rings (SSSR count). The fourth-order valence-electron chi connectivity index (χ4n) is 2.46. The molecule has 0 bridgehead atoms. The minimum absolute atomic E-state index is 0.0161. The van der Waals surface area contributed by atoms with Crippen LogP contribution in [-0.2, 0) is 6.54 Å². The number of hydrogen-bond acceptors (Lipinski definition) is 3. The SMILES string of the molecule is C=CCN(CC=C)Cc1cc(F)c2oc(C(=O)O)c(C)c2c1. The molecule has 0 radical (unpaired) electrons. The minimum Gasteiger partial charge on any atom is -0.475 e. The monoisotopic (exact) mass is 303 g/mol. The van der Waals surface area contributed by atoms with Crippen molar-refractivity contribution in [2.45, 2.75) is 13.5 Å². The summed E-state index contributed by atoms with van der Waals surface area (Å²) in [7, 11) is 0. The third-order valence-corrected chi connectivity index (χ3v) is 3.43. The van der Waals surface area contributed by atoms with Crippen molar-refractivity contribution in [1.29, 1.82) is 0 Å². The summed E-state index contributed by atoms with van der Waals surface area (Å²) in [6.45, 7) is 10.8. The van der Waals surface area contributed by atoms with Crippen LogP contribution < -0.4 is 0 Å². The molecule has 1 aromatic carbocycles. The van der Waals surface area contributed by atoms with Crippen LogP contribution in [0, 0.1) is 12.7 Å². The van der Waals surface area contributed by atoms with Gasteiger partial charge in [-0.2, -0.15) is 0 Å². The summed E-state index contributed by atoms with van der Waals surface area (Å²) in [5, 5.41) is 9.56. The zero-order valence-corrected chi connectivity index (χ0v) is 12.4. The van der Waals surface area contributed by atoms with Crippen molar-refractivity contribution in [3.63, 3.8) is 0 Å². The lowest BCUT2D eigenvalue weighted by atomic mass is 10.1. The Kier molecular flexibility index (Phi) is 4.78. The van der Waals surface area contributed by atoms with Crippen LogP contribution in [0.15, 0.2) is 41.9 Å². The summed E-state index contributed by atoms with van der Waals surface area (Å²) >= 11 is 0. The van der Waals surface area contributed by atoms with Crippen molar-refractivity contribution in [3.05, 3.63) is 60.1 Å². The first kappa shape index (κ1) is 16.0. The van der Waals surface area contributed by atoms with Gasteiger partial charge in [-0.1, -0.05) is 12.2 Å². The van der Waals surface area contributed by atoms with Gasteiger partial charge in [-0.15, -0.1) is 13.2 Å². The highest BCUT2D eigenvalue weighted by Gasteiger charge is 2.20. The molecule has 0 aliphatic rings. The number of furan rings is 1. The van der Waals surface area contributed by atoms with Gasteiger partial charge in [-0.3, -0.25) is 4.90 Å². The highest BCUT2D eigenvalue weighted by Crippen LogP contribution is 2.29. The van der Waals surface area contributed by atoms with Crippen molar-refractivity contribution in [3.8, 4) is 0 Å². The highest BCUT2D eigenvalue weighted by atomic mass is 19.1. The molecule has 1 heterocycles. The van der Waals surface area contributed by atoms with E-state index in [-0.39, 0.29) is 11.3 Å². The maximum absolute atomic E-state index is 14.2. The van der Waals surface area contributed by atoms with Crippen LogP contribution in [0.2, 0.25) is 0 Å². The molecule has 0 saturated carbocycles. The van der Waals surface area contributed by atoms with Crippen molar-refractivity contribution >= 4 is 16.9 Å². The van der Waals surface area contributed by atoms with E-state index in [1.54, 1.807) is 25.1 Å². The number of carbonyl (C=O) groups is 1. The van der Waals surface area contributed by atoms with Crippen LogP contribution in [0.25, 0.3) is 11.0 Å². The topological polar surface area (TPSA) is 53.7 Å². The second-order valence-electron chi connectivity index (χ2n) is 5.09. The second-order valence-corrected chi connectivity index (χ2v) is 5.09. The number of rotatable bonds is 7. The van der Waals surface area contributed by atoms with Crippen LogP contribution in [0.4, 0.5) is 4.39 Å². The number of halogens is 1. The van der Waals surface area contributed by atoms with E-state index in [4.69, 9.17) is 9.52 Å². The van der Waals surface area contributed by atoms with E-state index in [0.717, 1.165) is 5.56 Å². The lowest BCUT2D eigenvalue weighted by molar-refractivity contribution is 0.0663. The van der Waals surface area contributed by atoms with Gasteiger partial charge in [-0.05, 0) is 24.6 Å². The fraction of sp³-hybridized carbons (Fsp3) is 0.235. The molecule has 0 unspecified atom stereocenters. The van der Waals surface area contributed by atoms with E-state index >= 15 is 0 Å². The van der Waals surface area contributed by atoms with Crippen molar-refractivity contribution in [2.75, 3.05) is 13.1 Å². The number of nitrogens with zero attached hydrogens (tertiary/aromatic N) is 1. The van der Waals surface area contributed by atoms with E-state index in [0.29, 0.717) is 30.6 Å². The summed E-state index contributed by atoms with van der Waals surface area (Å²) in [4.78, 5) is 13.1. The number of benzene rings is 1. The van der Waals surface area contributed by atoms with Gasteiger partial charge in [0.25, 0.3) is 0 Å². The molecule has 0 fully saturated rings. The highest BCUT2D eigenvalue weighted by molar-refractivity contribution is 5.95. The fourth-order valence-corrected chi connectivity index (χ4v) is 2.46. The zero-order valence-electron chi connectivity index (χ0n) is 12.4. The lowest BCUT2D eigenvalue weighted by Gasteiger charge is -2.18. The lowest BCUT2D eigenvalue weighted by Crippen LogP contribution is -2.23. The number of hydrogen-bond donors (Lipinski definition) is 1. The largest absolute Gasteiger partial charge is 0.475 e. The predicted molar refractivity (Wildman–Crippen MR) is 83.5 cm³/mol. The first-order valence-electron chi connectivity index (χ1n) is 6.86. The van der Waals surface area contributed by atoms with Crippen molar-refractivity contribution in [1.82, 2.24) is 4.90 Å². The zero-order chi connectivity index (χ0) is 16.3. The van der Waals surface area contributed by atoms with Gasteiger partial charge in [0.1, 0.15) is 0 Å². The summed E-state index contributed by atoms with van der Waals surface area (Å²) in [6, 6.07) is 3.14. The third-order valence-electron chi connectivity index (χ3n) is 3.43. The molecule has 2 aromatic rings. The number of aromatic carboxylic acids is 1. The molecule has 116 valence electrons. The van der Waals surface area contributed by atoms with Crippen LogP contribution in [0.3, 0.4) is 0 Å². The van der Waals surface area contributed by atoms with E-state index in [1.165, 1.54) is 6.07 Å². The Morgan fingerprint density at radius 1 is 1.36 bits per heavy atom. The van der Waals surface area contributed by atoms with E-state index < -0.39 is 11.8 Å². The van der Waals surface area contributed by atoms with Crippen LogP contribution >= 0.6 is 0 Å². The smallest absolute Gasteiger partial charge is 0.372 e. The first-order chi connectivity index (χ1) is 10.5. The van der Waals surface area contributed by atoms with Crippen molar-refractivity contribution in [2.24, 2.45) is 0 Å². The van der Waals surface area contributed by atoms with Gasteiger partial charge in [0.05, 0.1) is 0 Å². The Morgan fingerprint density at radius 3 is 2.55 bits per heavy atom. The molecule has 0 aliphatic heterocycles. The molecule has 5 heteroatoms. The summed E-state index contributed by atoms with van der Waals surface area (Å²) in [6.07, 6.45) is 3.54. The maximum Gasteiger partial charge on any atom is 0.372 e. The molecular weight excluding hydrogens is 285 g/mol. The van der Waals surface area contributed by atoms with E-state index in [9.17, 15) is 9.18 Å². The van der Waals surface area contributed by atoms with Gasteiger partial charge < -0.3 is 9.52 Å².